The summed E-state index contributed by atoms with van der Waals surface area (Å²) in [6.45, 7) is 6.44. The van der Waals surface area contributed by atoms with Crippen LogP contribution in [0.3, 0.4) is 0 Å². The van der Waals surface area contributed by atoms with E-state index in [9.17, 15) is 0 Å². The maximum absolute atomic E-state index is 5.88. The minimum absolute atomic E-state index is 0.0143. The highest BCUT2D eigenvalue weighted by Gasteiger charge is 2.44. The summed E-state index contributed by atoms with van der Waals surface area (Å²) in [6.07, 6.45) is 6.50. The molecule has 1 aromatic heterocycles. The van der Waals surface area contributed by atoms with Crippen LogP contribution in [0.2, 0.25) is 0 Å². The van der Waals surface area contributed by atoms with E-state index in [0.717, 1.165) is 50.5 Å². The summed E-state index contributed by atoms with van der Waals surface area (Å²) >= 11 is 0. The van der Waals surface area contributed by atoms with Crippen LogP contribution in [-0.4, -0.2) is 30.3 Å². The molecule has 21 heavy (non-hydrogen) atoms. The van der Waals surface area contributed by atoms with Gasteiger partial charge in [0.05, 0.1) is 5.41 Å². The number of hydrogen-bond acceptors (Lipinski definition) is 5. The van der Waals surface area contributed by atoms with E-state index in [1.165, 1.54) is 12.8 Å². The Kier molecular flexibility index (Phi) is 4.06. The molecule has 1 aliphatic carbocycles. The first kappa shape index (κ1) is 15.0. The van der Waals surface area contributed by atoms with Gasteiger partial charge in [0.1, 0.15) is 5.60 Å². The monoisotopic (exact) mass is 293 g/mol. The Morgan fingerprint density at radius 1 is 1.43 bits per heavy atom. The minimum Gasteiger partial charge on any atom is -0.370 e. The van der Waals surface area contributed by atoms with Crippen LogP contribution in [0.15, 0.2) is 4.52 Å². The molecular weight excluding hydrogens is 266 g/mol. The SMILES string of the molecule is CCC1(c2nc(C3(OC)CCCC(C)C3)no2)CCNC1. The Morgan fingerprint density at radius 2 is 2.29 bits per heavy atom. The van der Waals surface area contributed by atoms with Gasteiger partial charge in [0.2, 0.25) is 11.7 Å². The zero-order valence-corrected chi connectivity index (χ0v) is 13.4. The van der Waals surface area contributed by atoms with Gasteiger partial charge in [-0.3, -0.25) is 0 Å². The standard InChI is InChI=1S/C16H27N3O2/c1-4-15(8-9-17-11-15)14-18-13(19-21-14)16(20-3)7-5-6-12(2)10-16/h12,17H,4-11H2,1-3H3. The Morgan fingerprint density at radius 3 is 2.90 bits per heavy atom. The molecule has 0 aromatic carbocycles. The quantitative estimate of drug-likeness (QED) is 0.925. The predicted octanol–water partition coefficient (Wildman–Crippen LogP) is 2.76. The average molecular weight is 293 g/mol. The summed E-state index contributed by atoms with van der Waals surface area (Å²) in [6, 6.07) is 0. The van der Waals surface area contributed by atoms with E-state index in [0.29, 0.717) is 5.92 Å². The number of nitrogens with one attached hydrogen (secondary N) is 1. The van der Waals surface area contributed by atoms with Gasteiger partial charge in [-0.25, -0.2) is 0 Å². The molecule has 1 aliphatic heterocycles. The van der Waals surface area contributed by atoms with Crippen molar-refractivity contribution in [3.63, 3.8) is 0 Å². The lowest BCUT2D eigenvalue weighted by Gasteiger charge is -2.36. The van der Waals surface area contributed by atoms with Gasteiger partial charge in [-0.05, 0) is 44.6 Å². The van der Waals surface area contributed by atoms with Crippen LogP contribution in [0.5, 0.6) is 0 Å². The third kappa shape index (κ3) is 2.50. The van der Waals surface area contributed by atoms with Crippen molar-refractivity contribution < 1.29 is 9.26 Å². The van der Waals surface area contributed by atoms with E-state index in [2.05, 4.69) is 24.3 Å². The van der Waals surface area contributed by atoms with E-state index in [4.69, 9.17) is 14.2 Å². The largest absolute Gasteiger partial charge is 0.370 e. The van der Waals surface area contributed by atoms with Crippen LogP contribution in [0.1, 0.15) is 64.1 Å². The van der Waals surface area contributed by atoms with Crippen molar-refractivity contribution in [1.29, 1.82) is 0 Å². The van der Waals surface area contributed by atoms with Gasteiger partial charge in [-0.15, -0.1) is 0 Å². The fourth-order valence-corrected chi connectivity index (χ4v) is 3.99. The number of methoxy groups -OCH3 is 1. The van der Waals surface area contributed by atoms with Crippen LogP contribution < -0.4 is 5.32 Å². The van der Waals surface area contributed by atoms with Crippen molar-refractivity contribution in [3.05, 3.63) is 11.7 Å². The van der Waals surface area contributed by atoms with Crippen LogP contribution in [0.4, 0.5) is 0 Å². The van der Waals surface area contributed by atoms with Gasteiger partial charge in [-0.2, -0.15) is 4.98 Å². The molecule has 0 amide bonds. The van der Waals surface area contributed by atoms with Gasteiger partial charge >= 0.3 is 0 Å². The highest BCUT2D eigenvalue weighted by molar-refractivity contribution is 5.13. The maximum atomic E-state index is 5.88. The van der Waals surface area contributed by atoms with Crippen LogP contribution >= 0.6 is 0 Å². The Labute approximate surface area is 126 Å². The summed E-state index contributed by atoms with van der Waals surface area (Å²) in [5.41, 5.74) is -0.332. The third-order valence-electron chi connectivity index (χ3n) is 5.55. The zero-order chi connectivity index (χ0) is 14.9. The molecule has 118 valence electrons. The second-order valence-corrected chi connectivity index (χ2v) is 6.88. The number of aromatic nitrogens is 2. The second-order valence-electron chi connectivity index (χ2n) is 6.88. The Balaban J connectivity index is 1.89. The Bertz CT molecular complexity index is 482. The van der Waals surface area contributed by atoms with E-state index in [1.807, 2.05) is 0 Å². The van der Waals surface area contributed by atoms with Gasteiger partial charge < -0.3 is 14.6 Å². The Hall–Kier alpha value is -0.940. The summed E-state index contributed by atoms with van der Waals surface area (Å²) < 4.78 is 11.6. The molecule has 3 rings (SSSR count). The van der Waals surface area contributed by atoms with Gasteiger partial charge in [-0.1, -0.05) is 25.4 Å². The smallest absolute Gasteiger partial charge is 0.234 e. The van der Waals surface area contributed by atoms with E-state index in [1.54, 1.807) is 7.11 Å². The molecule has 1 aromatic rings. The number of nitrogens with zero attached hydrogens (tertiary/aromatic N) is 2. The molecule has 1 saturated carbocycles. The minimum atomic E-state index is -0.347. The first-order valence-electron chi connectivity index (χ1n) is 8.25. The molecule has 2 heterocycles. The van der Waals surface area contributed by atoms with E-state index < -0.39 is 0 Å². The predicted molar refractivity (Wildman–Crippen MR) is 80.1 cm³/mol. The molecule has 5 heteroatoms. The van der Waals surface area contributed by atoms with Crippen molar-refractivity contribution in [2.24, 2.45) is 5.92 Å². The van der Waals surface area contributed by atoms with Gasteiger partial charge in [0.25, 0.3) is 0 Å². The fraction of sp³-hybridized carbons (Fsp3) is 0.875. The van der Waals surface area contributed by atoms with Gasteiger partial charge in [0.15, 0.2) is 0 Å². The summed E-state index contributed by atoms with van der Waals surface area (Å²) in [7, 11) is 1.78. The van der Waals surface area contributed by atoms with Crippen molar-refractivity contribution in [3.8, 4) is 0 Å². The molecule has 1 N–H and O–H groups in total. The molecule has 0 radical (unpaired) electrons. The average Bonchev–Trinajstić information content (AvgIpc) is 3.17. The number of ether oxygens (including phenoxy) is 1. The maximum Gasteiger partial charge on any atom is 0.234 e. The zero-order valence-electron chi connectivity index (χ0n) is 13.4. The molecule has 2 fully saturated rings. The van der Waals surface area contributed by atoms with Crippen LogP contribution in [-0.2, 0) is 15.8 Å². The number of hydrogen-bond donors (Lipinski definition) is 1. The third-order valence-corrected chi connectivity index (χ3v) is 5.55. The highest BCUT2D eigenvalue weighted by Crippen LogP contribution is 2.42. The molecular formula is C16H27N3O2. The lowest BCUT2D eigenvalue weighted by molar-refractivity contribution is -0.0658. The lowest BCUT2D eigenvalue weighted by Crippen LogP contribution is -2.35. The van der Waals surface area contributed by atoms with E-state index >= 15 is 0 Å². The highest BCUT2D eigenvalue weighted by atomic mass is 16.5. The molecule has 0 spiro atoms. The summed E-state index contributed by atoms with van der Waals surface area (Å²) in [5, 5.41) is 7.74. The fourth-order valence-electron chi connectivity index (χ4n) is 3.99. The first-order valence-corrected chi connectivity index (χ1v) is 8.25. The topological polar surface area (TPSA) is 60.2 Å². The van der Waals surface area contributed by atoms with Gasteiger partial charge in [0, 0.05) is 13.7 Å². The van der Waals surface area contributed by atoms with Crippen LogP contribution in [0.25, 0.3) is 0 Å². The first-order chi connectivity index (χ1) is 10.1. The van der Waals surface area contributed by atoms with Crippen molar-refractivity contribution in [1.82, 2.24) is 15.5 Å². The normalized spacial score (nSPS) is 37.0. The van der Waals surface area contributed by atoms with Crippen molar-refractivity contribution >= 4 is 0 Å². The second kappa shape index (κ2) is 5.69. The van der Waals surface area contributed by atoms with Crippen molar-refractivity contribution in [2.75, 3.05) is 20.2 Å². The number of rotatable bonds is 4. The summed E-state index contributed by atoms with van der Waals surface area (Å²) in [5.74, 6) is 2.19. The molecule has 3 atom stereocenters. The van der Waals surface area contributed by atoms with Crippen molar-refractivity contribution in [2.45, 2.75) is 63.4 Å². The van der Waals surface area contributed by atoms with E-state index in [-0.39, 0.29) is 11.0 Å². The molecule has 5 nitrogen and oxygen atoms in total. The van der Waals surface area contributed by atoms with Crippen LogP contribution in [0, 0.1) is 5.92 Å². The molecule has 3 unspecified atom stereocenters. The molecule has 2 aliphatic rings. The molecule has 1 saturated heterocycles. The molecule has 0 bridgehead atoms. The summed E-state index contributed by atoms with van der Waals surface area (Å²) in [4.78, 5) is 4.79. The lowest BCUT2D eigenvalue weighted by atomic mass is 9.78.